The summed E-state index contributed by atoms with van der Waals surface area (Å²) in [6.45, 7) is 6.61. The van der Waals surface area contributed by atoms with Crippen LogP contribution in [-0.4, -0.2) is 24.8 Å². The van der Waals surface area contributed by atoms with Gasteiger partial charge in [0.15, 0.2) is 0 Å². The molecule has 2 unspecified atom stereocenters. The van der Waals surface area contributed by atoms with E-state index < -0.39 is 6.09 Å². The van der Waals surface area contributed by atoms with Crippen LogP contribution in [0.5, 0.6) is 0 Å². The molecule has 96 valence electrons. The van der Waals surface area contributed by atoms with Crippen LogP contribution >= 0.6 is 0 Å². The van der Waals surface area contributed by atoms with Gasteiger partial charge in [-0.2, -0.15) is 0 Å². The zero-order chi connectivity index (χ0) is 13.1. The summed E-state index contributed by atoms with van der Waals surface area (Å²) in [5, 5.41) is 13.0. The molecule has 1 fully saturated rings. The van der Waals surface area contributed by atoms with Crippen LogP contribution in [0.15, 0.2) is 4.99 Å². The van der Waals surface area contributed by atoms with Gasteiger partial charge in [-0.25, -0.2) is 9.79 Å². The Morgan fingerprint density at radius 2 is 2.12 bits per heavy atom. The number of hydrogen-bond acceptors (Lipinski definition) is 4. The third kappa shape index (κ3) is 4.19. The highest BCUT2D eigenvalue weighted by Crippen LogP contribution is 2.46. The van der Waals surface area contributed by atoms with E-state index in [-0.39, 0.29) is 16.9 Å². The van der Waals surface area contributed by atoms with E-state index in [1.807, 2.05) is 6.92 Å². The Kier molecular flexibility index (Phi) is 3.94. The summed E-state index contributed by atoms with van der Waals surface area (Å²) in [4.78, 5) is 24.4. The van der Waals surface area contributed by atoms with Crippen LogP contribution in [0, 0.1) is 10.8 Å². The second-order valence-corrected chi connectivity index (χ2v) is 6.10. The van der Waals surface area contributed by atoms with E-state index in [1.54, 1.807) is 6.08 Å². The first-order valence-corrected chi connectivity index (χ1v) is 5.78. The lowest BCUT2D eigenvalue weighted by molar-refractivity contribution is -0.252. The summed E-state index contributed by atoms with van der Waals surface area (Å²) in [5.41, 5.74) is -0.134. The lowest BCUT2D eigenvalue weighted by Gasteiger charge is -2.46. The van der Waals surface area contributed by atoms with E-state index in [2.05, 4.69) is 24.2 Å². The van der Waals surface area contributed by atoms with Crippen molar-refractivity contribution in [3.63, 3.8) is 0 Å². The predicted octanol–water partition coefficient (Wildman–Crippen LogP) is 0.840. The Morgan fingerprint density at radius 3 is 2.65 bits per heavy atom. The van der Waals surface area contributed by atoms with Crippen LogP contribution < -0.4 is 10.4 Å². The van der Waals surface area contributed by atoms with Gasteiger partial charge in [-0.05, 0) is 30.1 Å². The number of rotatable bonds is 3. The number of carboxylic acid groups (broad SMARTS) is 1. The van der Waals surface area contributed by atoms with Crippen molar-refractivity contribution >= 4 is 12.2 Å². The Hall–Kier alpha value is -1.35. The molecule has 0 aliphatic heterocycles. The van der Waals surface area contributed by atoms with Gasteiger partial charge in [-0.15, -0.1) is 0 Å². The topological polar surface area (TPSA) is 81.6 Å². The molecule has 0 bridgehead atoms. The van der Waals surface area contributed by atoms with Crippen molar-refractivity contribution in [2.24, 2.45) is 15.8 Å². The Morgan fingerprint density at radius 1 is 1.47 bits per heavy atom. The number of nitrogens with one attached hydrogen (secondary N) is 1. The first-order chi connectivity index (χ1) is 7.76. The second-order valence-electron chi connectivity index (χ2n) is 6.10. The lowest BCUT2D eigenvalue weighted by Crippen LogP contribution is -2.51. The smallest absolute Gasteiger partial charge is 0.234 e. The highest BCUT2D eigenvalue weighted by atomic mass is 16.4. The molecule has 1 saturated carbocycles. The highest BCUT2D eigenvalue weighted by Gasteiger charge is 2.41. The number of carbonyl (C=O) groups excluding carboxylic acids is 2. The van der Waals surface area contributed by atoms with E-state index in [4.69, 9.17) is 0 Å². The molecule has 2 atom stereocenters. The molecule has 1 amide bonds. The van der Waals surface area contributed by atoms with Crippen molar-refractivity contribution in [1.29, 1.82) is 0 Å². The average Bonchev–Trinajstić information content (AvgIpc) is 2.10. The molecule has 0 saturated heterocycles. The highest BCUT2D eigenvalue weighted by molar-refractivity contribution is 5.62. The zero-order valence-corrected chi connectivity index (χ0v) is 10.6. The van der Waals surface area contributed by atoms with Crippen molar-refractivity contribution in [1.82, 2.24) is 5.32 Å². The van der Waals surface area contributed by atoms with Gasteiger partial charge < -0.3 is 15.2 Å². The van der Waals surface area contributed by atoms with Crippen molar-refractivity contribution in [2.75, 3.05) is 6.54 Å². The SMILES string of the molecule is CC1(C)CC(NC(=O)[O-])CC(C)(CN=C=O)C1. The fourth-order valence-corrected chi connectivity index (χ4v) is 3.25. The lowest BCUT2D eigenvalue weighted by atomic mass is 9.62. The largest absolute Gasteiger partial charge is 0.530 e. The third-order valence-electron chi connectivity index (χ3n) is 3.29. The number of nitrogens with zero attached hydrogens (tertiary/aromatic N) is 1. The summed E-state index contributed by atoms with van der Waals surface area (Å²) in [5.74, 6) is 0. The van der Waals surface area contributed by atoms with E-state index >= 15 is 0 Å². The summed E-state index contributed by atoms with van der Waals surface area (Å²) >= 11 is 0. The van der Waals surface area contributed by atoms with E-state index in [9.17, 15) is 14.7 Å². The molecule has 0 aromatic carbocycles. The number of hydrogen-bond donors (Lipinski definition) is 1. The molecular weight excluding hydrogens is 220 g/mol. The molecule has 0 aromatic rings. The van der Waals surface area contributed by atoms with Crippen molar-refractivity contribution in [2.45, 2.75) is 46.1 Å². The number of amides is 1. The standard InChI is InChI=1S/C12H20N2O3/c1-11(2)4-9(14-10(16)17)5-12(3,6-11)7-13-8-15/h9,14H,4-7H2,1-3H3,(H,16,17)/p-1. The second kappa shape index (κ2) is 4.88. The van der Waals surface area contributed by atoms with Gasteiger partial charge in [0.2, 0.25) is 6.08 Å². The first kappa shape index (κ1) is 13.7. The average molecular weight is 239 g/mol. The minimum Gasteiger partial charge on any atom is -0.530 e. The molecule has 0 aromatic heterocycles. The van der Waals surface area contributed by atoms with Gasteiger partial charge in [-0.1, -0.05) is 20.8 Å². The minimum atomic E-state index is -1.24. The van der Waals surface area contributed by atoms with Gasteiger partial charge in [0.1, 0.15) is 6.09 Å². The summed E-state index contributed by atoms with van der Waals surface area (Å²) in [6, 6.07) is -0.129. The Bertz CT molecular complexity index is 348. The van der Waals surface area contributed by atoms with Crippen LogP contribution in [0.25, 0.3) is 0 Å². The Labute approximate surface area is 101 Å². The summed E-state index contributed by atoms with van der Waals surface area (Å²) in [7, 11) is 0. The molecule has 1 N–H and O–H groups in total. The summed E-state index contributed by atoms with van der Waals surface area (Å²) in [6.07, 6.45) is 2.68. The predicted molar refractivity (Wildman–Crippen MR) is 61.0 cm³/mol. The van der Waals surface area contributed by atoms with Gasteiger partial charge in [-0.3, -0.25) is 0 Å². The monoisotopic (exact) mass is 239 g/mol. The normalized spacial score (nSPS) is 31.4. The molecule has 0 spiro atoms. The third-order valence-corrected chi connectivity index (χ3v) is 3.29. The quantitative estimate of drug-likeness (QED) is 0.585. The fraction of sp³-hybridized carbons (Fsp3) is 0.833. The molecule has 0 heterocycles. The van der Waals surface area contributed by atoms with Gasteiger partial charge >= 0.3 is 0 Å². The summed E-state index contributed by atoms with van der Waals surface area (Å²) < 4.78 is 0. The first-order valence-electron chi connectivity index (χ1n) is 5.78. The van der Waals surface area contributed by atoms with E-state index in [0.717, 1.165) is 12.8 Å². The van der Waals surface area contributed by atoms with E-state index in [0.29, 0.717) is 13.0 Å². The van der Waals surface area contributed by atoms with Crippen molar-refractivity contribution < 1.29 is 14.7 Å². The molecule has 5 nitrogen and oxygen atoms in total. The van der Waals surface area contributed by atoms with E-state index in [1.165, 1.54) is 0 Å². The van der Waals surface area contributed by atoms with Crippen LogP contribution in [-0.2, 0) is 4.79 Å². The molecule has 0 radical (unpaired) electrons. The van der Waals surface area contributed by atoms with Crippen molar-refractivity contribution in [3.8, 4) is 0 Å². The van der Waals surface area contributed by atoms with Crippen LogP contribution in [0.4, 0.5) is 4.79 Å². The number of carbonyl (C=O) groups is 1. The number of aliphatic imine (C=N–C) groups is 1. The Balaban J connectivity index is 2.79. The molecular formula is C12H19N2O3-. The zero-order valence-electron chi connectivity index (χ0n) is 10.6. The van der Waals surface area contributed by atoms with Crippen molar-refractivity contribution in [3.05, 3.63) is 0 Å². The molecule has 17 heavy (non-hydrogen) atoms. The number of isocyanates is 1. The maximum Gasteiger partial charge on any atom is 0.234 e. The molecule has 1 rings (SSSR count). The van der Waals surface area contributed by atoms with Gasteiger partial charge in [0, 0.05) is 6.04 Å². The van der Waals surface area contributed by atoms with Gasteiger partial charge in [0.25, 0.3) is 0 Å². The van der Waals surface area contributed by atoms with Crippen LogP contribution in [0.3, 0.4) is 0 Å². The molecule has 1 aliphatic rings. The maximum absolute atomic E-state index is 10.6. The van der Waals surface area contributed by atoms with Crippen LogP contribution in [0.1, 0.15) is 40.0 Å². The molecule has 1 aliphatic carbocycles. The van der Waals surface area contributed by atoms with Crippen LogP contribution in [0.2, 0.25) is 0 Å². The minimum absolute atomic E-state index is 0.0263. The molecule has 5 heteroatoms. The van der Waals surface area contributed by atoms with Gasteiger partial charge in [0.05, 0.1) is 6.54 Å². The maximum atomic E-state index is 10.6. The fourth-order valence-electron chi connectivity index (χ4n) is 3.25.